The fourth-order valence-electron chi connectivity index (χ4n) is 1.63. The van der Waals surface area contributed by atoms with Crippen LogP contribution in [0.2, 0.25) is 0 Å². The molecule has 1 N–H and O–H groups in total. The highest BCUT2D eigenvalue weighted by molar-refractivity contribution is 7.90. The van der Waals surface area contributed by atoms with Crippen LogP contribution >= 0.6 is 0 Å². The van der Waals surface area contributed by atoms with E-state index in [0.29, 0.717) is 11.3 Å². The van der Waals surface area contributed by atoms with Crippen LogP contribution in [-0.2, 0) is 9.84 Å². The molecule has 92 valence electrons. The van der Waals surface area contributed by atoms with Crippen LogP contribution in [0.5, 0.6) is 0 Å². The van der Waals surface area contributed by atoms with E-state index in [1.54, 1.807) is 6.07 Å². The summed E-state index contributed by atoms with van der Waals surface area (Å²) in [5.41, 5.74) is 0.695. The third kappa shape index (κ3) is 3.08. The summed E-state index contributed by atoms with van der Waals surface area (Å²) in [6.45, 7) is 0. The quantitative estimate of drug-likeness (QED) is 0.904. The Hall–Kier alpha value is -1.33. The average Bonchev–Trinajstić information content (AvgIpc) is 2.68. The van der Waals surface area contributed by atoms with Crippen LogP contribution in [0.25, 0.3) is 11.0 Å². The van der Waals surface area contributed by atoms with E-state index in [4.69, 9.17) is 4.42 Å². The molecule has 0 saturated heterocycles. The Morgan fingerprint density at radius 2 is 2.06 bits per heavy atom. The van der Waals surface area contributed by atoms with Gasteiger partial charge in [0.15, 0.2) is 0 Å². The number of furan rings is 1. The van der Waals surface area contributed by atoms with Gasteiger partial charge in [0, 0.05) is 11.6 Å². The van der Waals surface area contributed by atoms with Crippen molar-refractivity contribution < 1.29 is 17.9 Å². The molecule has 0 radical (unpaired) electrons. The third-order valence-corrected chi connectivity index (χ3v) is 3.51. The van der Waals surface area contributed by atoms with E-state index in [9.17, 15) is 13.5 Å². The van der Waals surface area contributed by atoms with Crippen molar-refractivity contribution in [2.45, 2.75) is 12.5 Å². The normalized spacial score (nSPS) is 14.0. The van der Waals surface area contributed by atoms with Crippen LogP contribution < -0.4 is 0 Å². The Labute approximate surface area is 99.8 Å². The topological polar surface area (TPSA) is 67.5 Å². The van der Waals surface area contributed by atoms with E-state index < -0.39 is 15.9 Å². The number of hydrogen-bond acceptors (Lipinski definition) is 4. The van der Waals surface area contributed by atoms with E-state index >= 15 is 0 Å². The fourth-order valence-corrected chi connectivity index (χ4v) is 2.29. The second-order valence-corrected chi connectivity index (χ2v) is 6.38. The molecule has 1 heterocycles. The first-order valence-electron chi connectivity index (χ1n) is 5.30. The maximum absolute atomic E-state index is 11.0. The van der Waals surface area contributed by atoms with Crippen LogP contribution in [0.4, 0.5) is 0 Å². The van der Waals surface area contributed by atoms with Gasteiger partial charge in [-0.15, -0.1) is 0 Å². The summed E-state index contributed by atoms with van der Waals surface area (Å²) in [5.74, 6) is 0.362. The summed E-state index contributed by atoms with van der Waals surface area (Å²) < 4.78 is 27.4. The minimum atomic E-state index is -3.06. The lowest BCUT2D eigenvalue weighted by Gasteiger charge is -2.05. The molecule has 4 nitrogen and oxygen atoms in total. The van der Waals surface area contributed by atoms with Gasteiger partial charge < -0.3 is 9.52 Å². The number of sulfone groups is 1. The number of benzene rings is 1. The van der Waals surface area contributed by atoms with Crippen molar-refractivity contribution in [2.75, 3.05) is 12.0 Å². The highest BCUT2D eigenvalue weighted by Gasteiger charge is 2.15. The third-order valence-electron chi connectivity index (χ3n) is 2.54. The van der Waals surface area contributed by atoms with Crippen molar-refractivity contribution in [3.05, 3.63) is 36.1 Å². The van der Waals surface area contributed by atoms with Gasteiger partial charge in [0.1, 0.15) is 27.3 Å². The monoisotopic (exact) mass is 254 g/mol. The van der Waals surface area contributed by atoms with Crippen molar-refractivity contribution in [2.24, 2.45) is 0 Å². The molecule has 0 amide bonds. The minimum Gasteiger partial charge on any atom is -0.458 e. The second-order valence-electron chi connectivity index (χ2n) is 4.12. The predicted octanol–water partition coefficient (Wildman–Crippen LogP) is 1.90. The van der Waals surface area contributed by atoms with Crippen molar-refractivity contribution >= 4 is 20.8 Å². The fraction of sp³-hybridized carbons (Fsp3) is 0.333. The van der Waals surface area contributed by atoms with Crippen LogP contribution in [-0.4, -0.2) is 25.5 Å². The number of rotatable bonds is 4. The molecular weight excluding hydrogens is 240 g/mol. The van der Waals surface area contributed by atoms with E-state index in [1.165, 1.54) is 0 Å². The van der Waals surface area contributed by atoms with Gasteiger partial charge in [-0.2, -0.15) is 0 Å². The lowest BCUT2D eigenvalue weighted by Crippen LogP contribution is -2.07. The Bertz CT molecular complexity index is 579. The first kappa shape index (κ1) is 12.1. The molecule has 0 spiro atoms. The van der Waals surface area contributed by atoms with Crippen molar-refractivity contribution in [1.29, 1.82) is 0 Å². The van der Waals surface area contributed by atoms with E-state index in [2.05, 4.69) is 0 Å². The number of fused-ring (bicyclic) bond motifs is 1. The number of aliphatic hydroxyl groups excluding tert-OH is 1. The molecule has 2 rings (SSSR count). The zero-order valence-electron chi connectivity index (χ0n) is 9.46. The Morgan fingerprint density at radius 3 is 2.71 bits per heavy atom. The maximum atomic E-state index is 11.0. The van der Waals surface area contributed by atoms with Gasteiger partial charge in [-0.05, 0) is 18.6 Å². The zero-order chi connectivity index (χ0) is 12.5. The smallest absolute Gasteiger partial charge is 0.147 e. The van der Waals surface area contributed by atoms with Gasteiger partial charge in [-0.3, -0.25) is 0 Å². The summed E-state index contributed by atoms with van der Waals surface area (Å²) in [4.78, 5) is 0. The largest absolute Gasteiger partial charge is 0.458 e. The first-order valence-corrected chi connectivity index (χ1v) is 7.36. The van der Waals surface area contributed by atoms with Gasteiger partial charge in [0.25, 0.3) is 0 Å². The lowest BCUT2D eigenvalue weighted by molar-refractivity contribution is 0.149. The standard InChI is InChI=1S/C12H14O4S/c1-17(14,15)7-6-10(13)12-8-9-4-2-3-5-11(9)16-12/h2-5,8,10,13H,6-7H2,1H3. The summed E-state index contributed by atoms with van der Waals surface area (Å²) in [6, 6.07) is 9.15. The highest BCUT2D eigenvalue weighted by atomic mass is 32.2. The first-order chi connectivity index (χ1) is 7.96. The van der Waals surface area contributed by atoms with Crippen molar-refractivity contribution in [3.8, 4) is 0 Å². The van der Waals surface area contributed by atoms with Gasteiger partial charge >= 0.3 is 0 Å². The lowest BCUT2D eigenvalue weighted by atomic mass is 10.2. The molecule has 0 fully saturated rings. The molecule has 5 heteroatoms. The molecule has 2 aromatic rings. The molecule has 0 aliphatic heterocycles. The predicted molar refractivity (Wildman–Crippen MR) is 65.5 cm³/mol. The van der Waals surface area contributed by atoms with Crippen LogP contribution in [0.1, 0.15) is 18.3 Å². The van der Waals surface area contributed by atoms with Gasteiger partial charge in [0.2, 0.25) is 0 Å². The Morgan fingerprint density at radius 1 is 1.35 bits per heavy atom. The summed E-state index contributed by atoms with van der Waals surface area (Å²) in [5, 5.41) is 10.7. The molecule has 0 aliphatic rings. The molecule has 1 aromatic carbocycles. The molecule has 1 unspecified atom stereocenters. The summed E-state index contributed by atoms with van der Waals surface area (Å²) in [6.07, 6.45) is 0.425. The van der Waals surface area contributed by atoms with Gasteiger partial charge in [-0.1, -0.05) is 18.2 Å². The molecule has 0 bridgehead atoms. The molecular formula is C12H14O4S. The maximum Gasteiger partial charge on any atom is 0.147 e. The SMILES string of the molecule is CS(=O)(=O)CCC(O)c1cc2ccccc2o1. The minimum absolute atomic E-state index is 0.0504. The molecule has 17 heavy (non-hydrogen) atoms. The Kier molecular flexibility index (Phi) is 3.22. The van der Waals surface area contributed by atoms with Gasteiger partial charge in [-0.25, -0.2) is 8.42 Å². The summed E-state index contributed by atoms with van der Waals surface area (Å²) >= 11 is 0. The second kappa shape index (κ2) is 4.50. The highest BCUT2D eigenvalue weighted by Crippen LogP contribution is 2.25. The Balaban J connectivity index is 2.16. The average molecular weight is 254 g/mol. The number of hydrogen-bond donors (Lipinski definition) is 1. The molecule has 1 aromatic heterocycles. The van der Waals surface area contributed by atoms with Crippen molar-refractivity contribution in [3.63, 3.8) is 0 Å². The van der Waals surface area contributed by atoms with E-state index in [1.807, 2.05) is 24.3 Å². The number of para-hydroxylation sites is 1. The summed E-state index contributed by atoms with van der Waals surface area (Å²) in [7, 11) is -3.06. The zero-order valence-corrected chi connectivity index (χ0v) is 10.3. The van der Waals surface area contributed by atoms with Gasteiger partial charge in [0.05, 0.1) is 5.75 Å². The molecule has 0 saturated carbocycles. The van der Waals surface area contributed by atoms with E-state index in [-0.39, 0.29) is 12.2 Å². The number of aliphatic hydroxyl groups is 1. The molecule has 0 aliphatic carbocycles. The molecule has 1 atom stereocenters. The van der Waals surface area contributed by atoms with Crippen LogP contribution in [0, 0.1) is 0 Å². The van der Waals surface area contributed by atoms with Crippen molar-refractivity contribution in [1.82, 2.24) is 0 Å². The van der Waals surface area contributed by atoms with E-state index in [0.717, 1.165) is 11.6 Å². The van der Waals surface area contributed by atoms with Crippen LogP contribution in [0.15, 0.2) is 34.7 Å². The van der Waals surface area contributed by atoms with Crippen LogP contribution in [0.3, 0.4) is 0 Å².